The molecule has 2 aromatic heterocycles. The standard InChI is InChI=1S/C14H13N3O2/c1-3-9-12(15-8-16-13(9)18-2)14-17-10-6-4-5-7-11(10)19-14/h4-8H,3H2,1-2H3. The molecule has 0 aliphatic heterocycles. The maximum Gasteiger partial charge on any atom is 0.246 e. The summed E-state index contributed by atoms with van der Waals surface area (Å²) < 4.78 is 11.0. The van der Waals surface area contributed by atoms with Gasteiger partial charge in [0.05, 0.1) is 7.11 Å². The summed E-state index contributed by atoms with van der Waals surface area (Å²) in [5.74, 6) is 1.06. The summed E-state index contributed by atoms with van der Waals surface area (Å²) >= 11 is 0. The fourth-order valence-electron chi connectivity index (χ4n) is 2.05. The van der Waals surface area contributed by atoms with Crippen molar-refractivity contribution in [1.29, 1.82) is 0 Å². The van der Waals surface area contributed by atoms with Gasteiger partial charge in [0.1, 0.15) is 17.5 Å². The van der Waals surface area contributed by atoms with E-state index in [0.29, 0.717) is 17.5 Å². The number of aromatic nitrogens is 3. The van der Waals surface area contributed by atoms with Crippen LogP contribution in [0.4, 0.5) is 0 Å². The first-order valence-corrected chi connectivity index (χ1v) is 6.07. The lowest BCUT2D eigenvalue weighted by Gasteiger charge is -2.07. The average molecular weight is 255 g/mol. The van der Waals surface area contributed by atoms with Crippen LogP contribution in [0.15, 0.2) is 35.0 Å². The van der Waals surface area contributed by atoms with Crippen molar-refractivity contribution in [3.8, 4) is 17.5 Å². The minimum atomic E-state index is 0.499. The predicted molar refractivity (Wildman–Crippen MR) is 71.0 cm³/mol. The number of methoxy groups -OCH3 is 1. The van der Waals surface area contributed by atoms with Gasteiger partial charge in [0.25, 0.3) is 0 Å². The molecular weight excluding hydrogens is 242 g/mol. The first-order chi connectivity index (χ1) is 9.33. The lowest BCUT2D eigenvalue weighted by Crippen LogP contribution is -1.99. The molecule has 0 saturated carbocycles. The molecule has 2 heterocycles. The van der Waals surface area contributed by atoms with Crippen molar-refractivity contribution in [2.45, 2.75) is 13.3 Å². The minimum Gasteiger partial charge on any atom is -0.481 e. The Morgan fingerprint density at radius 2 is 2.05 bits per heavy atom. The number of ether oxygens (including phenoxy) is 1. The Labute approximate surface area is 110 Å². The van der Waals surface area contributed by atoms with Gasteiger partial charge in [-0.25, -0.2) is 15.0 Å². The Bertz CT molecular complexity index is 689. The number of fused-ring (bicyclic) bond motifs is 1. The summed E-state index contributed by atoms with van der Waals surface area (Å²) in [5.41, 5.74) is 3.15. The Kier molecular flexibility index (Phi) is 2.87. The van der Waals surface area contributed by atoms with Crippen molar-refractivity contribution in [2.75, 3.05) is 7.11 Å². The van der Waals surface area contributed by atoms with E-state index < -0.39 is 0 Å². The van der Waals surface area contributed by atoms with E-state index in [4.69, 9.17) is 9.15 Å². The van der Waals surface area contributed by atoms with Gasteiger partial charge in [-0.05, 0) is 18.6 Å². The summed E-state index contributed by atoms with van der Waals surface area (Å²) in [6.07, 6.45) is 2.21. The molecule has 5 heteroatoms. The van der Waals surface area contributed by atoms with Crippen molar-refractivity contribution in [3.05, 3.63) is 36.2 Å². The van der Waals surface area contributed by atoms with Gasteiger partial charge in [-0.3, -0.25) is 0 Å². The van der Waals surface area contributed by atoms with E-state index in [-0.39, 0.29) is 0 Å². The van der Waals surface area contributed by atoms with Gasteiger partial charge in [-0.2, -0.15) is 0 Å². The summed E-state index contributed by atoms with van der Waals surface area (Å²) in [6, 6.07) is 7.64. The Hall–Kier alpha value is -2.43. The zero-order valence-electron chi connectivity index (χ0n) is 10.8. The maximum absolute atomic E-state index is 5.74. The predicted octanol–water partition coefficient (Wildman–Crippen LogP) is 2.86. The quantitative estimate of drug-likeness (QED) is 0.720. The molecule has 0 aliphatic carbocycles. The minimum absolute atomic E-state index is 0.499. The molecule has 3 rings (SSSR count). The third-order valence-corrected chi connectivity index (χ3v) is 2.95. The molecule has 0 amide bonds. The summed E-state index contributed by atoms with van der Waals surface area (Å²) in [7, 11) is 1.59. The molecule has 3 aromatic rings. The molecule has 0 aliphatic rings. The molecule has 0 bridgehead atoms. The van der Waals surface area contributed by atoms with Crippen molar-refractivity contribution in [2.24, 2.45) is 0 Å². The largest absolute Gasteiger partial charge is 0.481 e. The maximum atomic E-state index is 5.74. The van der Waals surface area contributed by atoms with Crippen LogP contribution in [0.2, 0.25) is 0 Å². The second-order valence-electron chi connectivity index (χ2n) is 4.05. The molecule has 0 atom stereocenters. The summed E-state index contributed by atoms with van der Waals surface area (Å²) in [6.45, 7) is 2.02. The van der Waals surface area contributed by atoms with Crippen molar-refractivity contribution >= 4 is 11.1 Å². The van der Waals surface area contributed by atoms with Crippen LogP contribution in [-0.4, -0.2) is 22.1 Å². The number of nitrogens with zero attached hydrogens (tertiary/aromatic N) is 3. The highest BCUT2D eigenvalue weighted by Crippen LogP contribution is 2.29. The smallest absolute Gasteiger partial charge is 0.246 e. The second-order valence-corrected chi connectivity index (χ2v) is 4.05. The lowest BCUT2D eigenvalue weighted by molar-refractivity contribution is 0.391. The Morgan fingerprint density at radius 1 is 1.21 bits per heavy atom. The molecule has 0 unspecified atom stereocenters. The van der Waals surface area contributed by atoms with Crippen molar-refractivity contribution in [3.63, 3.8) is 0 Å². The van der Waals surface area contributed by atoms with E-state index in [1.807, 2.05) is 31.2 Å². The summed E-state index contributed by atoms with van der Waals surface area (Å²) in [4.78, 5) is 12.8. The van der Waals surface area contributed by atoms with E-state index in [9.17, 15) is 0 Å². The number of rotatable bonds is 3. The van der Waals surface area contributed by atoms with E-state index in [1.165, 1.54) is 6.33 Å². The average Bonchev–Trinajstić information content (AvgIpc) is 2.89. The third-order valence-electron chi connectivity index (χ3n) is 2.95. The van der Waals surface area contributed by atoms with Crippen LogP contribution < -0.4 is 4.74 Å². The van der Waals surface area contributed by atoms with Crippen LogP contribution in [0.3, 0.4) is 0 Å². The van der Waals surface area contributed by atoms with Crippen LogP contribution in [0.1, 0.15) is 12.5 Å². The topological polar surface area (TPSA) is 61.0 Å². The number of hydrogen-bond donors (Lipinski definition) is 0. The fourth-order valence-corrected chi connectivity index (χ4v) is 2.05. The second kappa shape index (κ2) is 4.68. The molecule has 1 aromatic carbocycles. The third kappa shape index (κ3) is 1.93. The zero-order chi connectivity index (χ0) is 13.2. The van der Waals surface area contributed by atoms with Gasteiger partial charge in [-0.1, -0.05) is 19.1 Å². The molecule has 19 heavy (non-hydrogen) atoms. The molecule has 0 spiro atoms. The highest BCUT2D eigenvalue weighted by atomic mass is 16.5. The van der Waals surface area contributed by atoms with Crippen LogP contribution in [0.25, 0.3) is 22.7 Å². The van der Waals surface area contributed by atoms with E-state index >= 15 is 0 Å². The van der Waals surface area contributed by atoms with Crippen LogP contribution in [0, 0.1) is 0 Å². The van der Waals surface area contributed by atoms with Gasteiger partial charge in [0, 0.05) is 5.56 Å². The number of oxazole rings is 1. The van der Waals surface area contributed by atoms with E-state index in [0.717, 1.165) is 23.1 Å². The van der Waals surface area contributed by atoms with Gasteiger partial charge in [-0.15, -0.1) is 0 Å². The Morgan fingerprint density at radius 3 is 2.79 bits per heavy atom. The lowest BCUT2D eigenvalue weighted by atomic mass is 10.1. The molecular formula is C14H13N3O2. The molecule has 0 saturated heterocycles. The molecule has 5 nitrogen and oxygen atoms in total. The van der Waals surface area contributed by atoms with Crippen LogP contribution in [-0.2, 0) is 6.42 Å². The first kappa shape index (κ1) is 11.6. The van der Waals surface area contributed by atoms with E-state index in [1.54, 1.807) is 7.11 Å². The van der Waals surface area contributed by atoms with Crippen molar-refractivity contribution in [1.82, 2.24) is 15.0 Å². The molecule has 0 radical (unpaired) electrons. The van der Waals surface area contributed by atoms with Crippen LogP contribution in [0.5, 0.6) is 5.88 Å². The van der Waals surface area contributed by atoms with Crippen LogP contribution >= 0.6 is 0 Å². The highest BCUT2D eigenvalue weighted by molar-refractivity contribution is 5.76. The Balaban J connectivity index is 2.20. The summed E-state index contributed by atoms with van der Waals surface area (Å²) in [5, 5.41) is 0. The van der Waals surface area contributed by atoms with Gasteiger partial charge in [0.2, 0.25) is 11.8 Å². The molecule has 0 N–H and O–H groups in total. The zero-order valence-corrected chi connectivity index (χ0v) is 10.8. The number of hydrogen-bond acceptors (Lipinski definition) is 5. The number of para-hydroxylation sites is 2. The van der Waals surface area contributed by atoms with Crippen molar-refractivity contribution < 1.29 is 9.15 Å². The van der Waals surface area contributed by atoms with Gasteiger partial charge < -0.3 is 9.15 Å². The SMILES string of the molecule is CCc1c(OC)ncnc1-c1nc2ccccc2o1. The fraction of sp³-hybridized carbons (Fsp3) is 0.214. The number of benzene rings is 1. The van der Waals surface area contributed by atoms with Gasteiger partial charge in [0.15, 0.2) is 5.58 Å². The first-order valence-electron chi connectivity index (χ1n) is 6.07. The molecule has 0 fully saturated rings. The molecule has 96 valence electrons. The van der Waals surface area contributed by atoms with E-state index in [2.05, 4.69) is 15.0 Å². The van der Waals surface area contributed by atoms with Gasteiger partial charge >= 0.3 is 0 Å². The normalized spacial score (nSPS) is 10.8. The monoisotopic (exact) mass is 255 g/mol. The highest BCUT2D eigenvalue weighted by Gasteiger charge is 2.17.